The molecular weight excluding hydrogens is 380 g/mol. The quantitative estimate of drug-likeness (QED) is 0.460. The van der Waals surface area contributed by atoms with Crippen molar-refractivity contribution in [2.75, 3.05) is 49.2 Å². The molecule has 1 heterocycles. The third-order valence-corrected chi connectivity index (χ3v) is 6.03. The van der Waals surface area contributed by atoms with Crippen molar-refractivity contribution in [2.24, 2.45) is 4.99 Å². The van der Waals surface area contributed by atoms with Crippen molar-refractivity contribution in [1.29, 1.82) is 0 Å². The zero-order valence-electron chi connectivity index (χ0n) is 17.2. The van der Waals surface area contributed by atoms with Gasteiger partial charge in [-0.25, -0.2) is 4.99 Å². The van der Waals surface area contributed by atoms with Crippen molar-refractivity contribution in [2.45, 2.75) is 19.4 Å². The first-order valence-electron chi connectivity index (χ1n) is 10.4. The highest BCUT2D eigenvalue weighted by Crippen LogP contribution is 2.20. The number of thioether (sulfide) groups is 1. The molecule has 5 nitrogen and oxygen atoms in total. The minimum atomic E-state index is 0.0436. The molecular formula is C23H32N4OS. The van der Waals surface area contributed by atoms with Crippen LogP contribution in [-0.2, 0) is 6.54 Å². The molecule has 3 rings (SSSR count). The summed E-state index contributed by atoms with van der Waals surface area (Å²) in [5.41, 5.74) is 3.63. The van der Waals surface area contributed by atoms with E-state index in [-0.39, 0.29) is 12.5 Å². The van der Waals surface area contributed by atoms with E-state index in [1.165, 1.54) is 22.8 Å². The van der Waals surface area contributed by atoms with Crippen molar-refractivity contribution < 1.29 is 5.11 Å². The molecule has 29 heavy (non-hydrogen) atoms. The van der Waals surface area contributed by atoms with Gasteiger partial charge >= 0.3 is 0 Å². The summed E-state index contributed by atoms with van der Waals surface area (Å²) in [6, 6.07) is 18.9. The van der Waals surface area contributed by atoms with E-state index in [2.05, 4.69) is 58.9 Å². The highest BCUT2D eigenvalue weighted by Gasteiger charge is 2.12. The Hall–Kier alpha value is -2.18. The van der Waals surface area contributed by atoms with E-state index >= 15 is 0 Å². The largest absolute Gasteiger partial charge is 0.396 e. The van der Waals surface area contributed by atoms with Crippen LogP contribution in [0.2, 0.25) is 0 Å². The maximum Gasteiger partial charge on any atom is 0.191 e. The van der Waals surface area contributed by atoms with Crippen molar-refractivity contribution in [3.63, 3.8) is 0 Å². The Morgan fingerprint density at radius 1 is 1.07 bits per heavy atom. The standard InChI is InChI=1S/C23H32N4OS/c1-2-24-23(26-17-21(18-28)20-6-4-3-5-7-20)25-16-19-8-10-22(11-9-19)27-12-14-29-15-13-27/h3-11,21,28H,2,12-18H2,1H3,(H2,24,25,26). The number of guanidine groups is 1. The lowest BCUT2D eigenvalue weighted by atomic mass is 10.0. The summed E-state index contributed by atoms with van der Waals surface area (Å²) in [5, 5.41) is 16.4. The fourth-order valence-electron chi connectivity index (χ4n) is 3.38. The SMILES string of the molecule is CCNC(=NCc1ccc(N2CCSCC2)cc1)NCC(CO)c1ccccc1. The average molecular weight is 413 g/mol. The average Bonchev–Trinajstić information content (AvgIpc) is 2.79. The van der Waals surface area contributed by atoms with Crippen molar-refractivity contribution in [3.05, 3.63) is 65.7 Å². The second-order valence-corrected chi connectivity index (χ2v) is 8.36. The number of nitrogens with zero attached hydrogens (tertiary/aromatic N) is 2. The van der Waals surface area contributed by atoms with Crippen LogP contribution in [0.4, 0.5) is 5.69 Å². The summed E-state index contributed by atoms with van der Waals surface area (Å²) in [6.07, 6.45) is 0. The second kappa shape index (κ2) is 11.7. The molecule has 0 aromatic heterocycles. The molecule has 156 valence electrons. The van der Waals surface area contributed by atoms with Crippen LogP contribution in [0.5, 0.6) is 0 Å². The number of aliphatic hydroxyl groups excluding tert-OH is 1. The second-order valence-electron chi connectivity index (χ2n) is 7.13. The Morgan fingerprint density at radius 3 is 2.45 bits per heavy atom. The zero-order chi connectivity index (χ0) is 20.3. The lowest BCUT2D eigenvalue weighted by Gasteiger charge is -2.28. The molecule has 1 saturated heterocycles. The highest BCUT2D eigenvalue weighted by atomic mass is 32.2. The topological polar surface area (TPSA) is 59.9 Å². The number of nitrogens with one attached hydrogen (secondary N) is 2. The fraction of sp³-hybridized carbons (Fsp3) is 0.435. The molecule has 3 N–H and O–H groups in total. The van der Waals surface area contributed by atoms with Crippen LogP contribution in [0.3, 0.4) is 0 Å². The first kappa shape index (κ1) is 21.5. The van der Waals surface area contributed by atoms with Crippen LogP contribution in [0.15, 0.2) is 59.6 Å². The van der Waals surface area contributed by atoms with Crippen LogP contribution in [0.1, 0.15) is 24.0 Å². The Morgan fingerprint density at radius 2 is 1.79 bits per heavy atom. The Kier molecular flexibility index (Phi) is 8.71. The molecule has 1 unspecified atom stereocenters. The van der Waals surface area contributed by atoms with Crippen LogP contribution in [0.25, 0.3) is 0 Å². The van der Waals surface area contributed by atoms with Crippen molar-refractivity contribution in [1.82, 2.24) is 10.6 Å². The van der Waals surface area contributed by atoms with Crippen LogP contribution in [0, 0.1) is 0 Å². The molecule has 0 radical (unpaired) electrons. The van der Waals surface area contributed by atoms with Gasteiger partial charge in [0.1, 0.15) is 0 Å². The van der Waals surface area contributed by atoms with Gasteiger partial charge in [0.2, 0.25) is 0 Å². The Bertz CT molecular complexity index is 745. The van der Waals surface area contributed by atoms with E-state index in [9.17, 15) is 5.11 Å². The minimum Gasteiger partial charge on any atom is -0.396 e. The minimum absolute atomic E-state index is 0.0436. The fourth-order valence-corrected chi connectivity index (χ4v) is 4.28. The monoisotopic (exact) mass is 412 g/mol. The van der Waals surface area contributed by atoms with Gasteiger partial charge < -0.3 is 20.6 Å². The molecule has 1 aliphatic heterocycles. The van der Waals surface area contributed by atoms with Gasteiger partial charge in [-0.2, -0.15) is 11.8 Å². The van der Waals surface area contributed by atoms with Gasteiger partial charge in [0.15, 0.2) is 5.96 Å². The molecule has 0 aliphatic carbocycles. The third kappa shape index (κ3) is 6.68. The van der Waals surface area contributed by atoms with E-state index in [0.717, 1.165) is 31.2 Å². The number of hydrogen-bond acceptors (Lipinski definition) is 4. The number of aliphatic hydroxyl groups is 1. The molecule has 0 amide bonds. The first-order valence-corrected chi connectivity index (χ1v) is 11.5. The van der Waals surface area contributed by atoms with Gasteiger partial charge in [-0.3, -0.25) is 0 Å². The Labute approximate surface area is 178 Å². The number of hydrogen-bond donors (Lipinski definition) is 3. The molecule has 0 spiro atoms. The molecule has 0 bridgehead atoms. The number of rotatable bonds is 8. The number of benzene rings is 2. The zero-order valence-corrected chi connectivity index (χ0v) is 18.0. The summed E-state index contributed by atoms with van der Waals surface area (Å²) in [6.45, 7) is 6.48. The maximum atomic E-state index is 9.76. The van der Waals surface area contributed by atoms with E-state index in [1.807, 2.05) is 30.0 Å². The highest BCUT2D eigenvalue weighted by molar-refractivity contribution is 7.99. The van der Waals surface area contributed by atoms with Crippen LogP contribution < -0.4 is 15.5 Å². The summed E-state index contributed by atoms with van der Waals surface area (Å²) in [4.78, 5) is 7.17. The van der Waals surface area contributed by atoms with E-state index in [1.54, 1.807) is 0 Å². The molecule has 2 aromatic rings. The smallest absolute Gasteiger partial charge is 0.191 e. The van der Waals surface area contributed by atoms with Crippen LogP contribution in [-0.4, -0.2) is 55.4 Å². The van der Waals surface area contributed by atoms with Gasteiger partial charge in [0, 0.05) is 49.3 Å². The summed E-state index contributed by atoms with van der Waals surface area (Å²) >= 11 is 2.03. The van der Waals surface area contributed by atoms with E-state index < -0.39 is 0 Å². The number of aliphatic imine (C=N–C) groups is 1. The molecule has 0 saturated carbocycles. The van der Waals surface area contributed by atoms with Gasteiger partial charge in [0.05, 0.1) is 13.2 Å². The predicted octanol–water partition coefficient (Wildman–Crippen LogP) is 3.07. The maximum absolute atomic E-state index is 9.76. The molecule has 6 heteroatoms. The molecule has 1 atom stereocenters. The summed E-state index contributed by atoms with van der Waals surface area (Å²) < 4.78 is 0. The summed E-state index contributed by atoms with van der Waals surface area (Å²) in [5.74, 6) is 3.24. The van der Waals surface area contributed by atoms with Crippen molar-refractivity contribution >= 4 is 23.4 Å². The normalized spacial score (nSPS) is 15.8. The molecule has 1 aliphatic rings. The molecule has 1 fully saturated rings. The van der Waals surface area contributed by atoms with Gasteiger partial charge in [-0.1, -0.05) is 42.5 Å². The summed E-state index contributed by atoms with van der Waals surface area (Å²) in [7, 11) is 0. The lowest BCUT2D eigenvalue weighted by Crippen LogP contribution is -2.39. The van der Waals surface area contributed by atoms with Gasteiger partial charge in [-0.15, -0.1) is 0 Å². The number of anilines is 1. The predicted molar refractivity (Wildman–Crippen MR) is 125 cm³/mol. The van der Waals surface area contributed by atoms with Crippen LogP contribution >= 0.6 is 11.8 Å². The first-order chi connectivity index (χ1) is 14.3. The Balaban J connectivity index is 1.57. The van der Waals surface area contributed by atoms with Gasteiger partial charge in [-0.05, 0) is 30.2 Å². The van der Waals surface area contributed by atoms with Gasteiger partial charge in [0.25, 0.3) is 0 Å². The van der Waals surface area contributed by atoms with E-state index in [4.69, 9.17) is 4.99 Å². The van der Waals surface area contributed by atoms with Crippen molar-refractivity contribution in [3.8, 4) is 0 Å². The lowest BCUT2D eigenvalue weighted by molar-refractivity contribution is 0.265. The molecule has 2 aromatic carbocycles. The van der Waals surface area contributed by atoms with E-state index in [0.29, 0.717) is 13.1 Å². The third-order valence-electron chi connectivity index (χ3n) is 5.08.